The van der Waals surface area contributed by atoms with Gasteiger partial charge in [-0.2, -0.15) is 0 Å². The lowest BCUT2D eigenvalue weighted by Crippen LogP contribution is -2.48. The number of rotatable bonds is 4. The first-order valence-electron chi connectivity index (χ1n) is 9.35. The second-order valence-corrected chi connectivity index (χ2v) is 7.20. The topological polar surface area (TPSA) is 65.8 Å². The number of furan rings is 1. The summed E-state index contributed by atoms with van der Waals surface area (Å²) in [6.07, 6.45) is 1.51. The Morgan fingerprint density at radius 2 is 1.69 bits per heavy atom. The molecule has 29 heavy (non-hydrogen) atoms. The molecule has 1 aromatic heterocycles. The molecular formula is C22H20ClN3O3. The fourth-order valence-electron chi connectivity index (χ4n) is 3.31. The first-order chi connectivity index (χ1) is 14.1. The largest absolute Gasteiger partial charge is 0.459 e. The summed E-state index contributed by atoms with van der Waals surface area (Å²) in [5, 5.41) is 3.40. The van der Waals surface area contributed by atoms with Crippen LogP contribution in [0.2, 0.25) is 5.02 Å². The van der Waals surface area contributed by atoms with Crippen LogP contribution in [-0.2, 0) is 0 Å². The second kappa shape index (κ2) is 8.41. The highest BCUT2D eigenvalue weighted by Crippen LogP contribution is 2.21. The van der Waals surface area contributed by atoms with E-state index in [2.05, 4.69) is 10.2 Å². The summed E-state index contributed by atoms with van der Waals surface area (Å²) >= 11 is 5.94. The molecule has 1 aliphatic rings. The van der Waals surface area contributed by atoms with Crippen LogP contribution < -0.4 is 10.2 Å². The van der Waals surface area contributed by atoms with E-state index in [9.17, 15) is 9.59 Å². The van der Waals surface area contributed by atoms with E-state index in [-0.39, 0.29) is 11.8 Å². The maximum atomic E-state index is 12.4. The number of hydrogen-bond donors (Lipinski definition) is 1. The molecule has 0 atom stereocenters. The Morgan fingerprint density at radius 3 is 2.34 bits per heavy atom. The lowest BCUT2D eigenvalue weighted by atomic mass is 10.2. The van der Waals surface area contributed by atoms with Crippen molar-refractivity contribution in [1.29, 1.82) is 0 Å². The van der Waals surface area contributed by atoms with Crippen LogP contribution in [0.5, 0.6) is 0 Å². The summed E-state index contributed by atoms with van der Waals surface area (Å²) in [5.74, 6) is 0.0947. The molecule has 0 bridgehead atoms. The van der Waals surface area contributed by atoms with Crippen LogP contribution in [0.15, 0.2) is 71.3 Å². The molecule has 3 aromatic rings. The molecule has 0 aliphatic carbocycles. The number of halogens is 1. The Hall–Kier alpha value is -3.25. The number of nitrogens with zero attached hydrogens (tertiary/aromatic N) is 2. The third-order valence-corrected chi connectivity index (χ3v) is 5.11. The van der Waals surface area contributed by atoms with E-state index >= 15 is 0 Å². The van der Waals surface area contributed by atoms with E-state index in [1.165, 1.54) is 6.26 Å². The second-order valence-electron chi connectivity index (χ2n) is 6.77. The van der Waals surface area contributed by atoms with Gasteiger partial charge >= 0.3 is 0 Å². The molecule has 0 saturated carbocycles. The molecule has 2 aromatic carbocycles. The quantitative estimate of drug-likeness (QED) is 0.703. The van der Waals surface area contributed by atoms with E-state index < -0.39 is 0 Å². The van der Waals surface area contributed by atoms with Crippen LogP contribution in [0.3, 0.4) is 0 Å². The van der Waals surface area contributed by atoms with Crippen molar-refractivity contribution >= 4 is 34.8 Å². The van der Waals surface area contributed by atoms with E-state index in [0.29, 0.717) is 35.1 Å². The molecule has 7 heteroatoms. The molecular weight excluding hydrogens is 390 g/mol. The summed E-state index contributed by atoms with van der Waals surface area (Å²) in [6, 6.07) is 17.9. The van der Waals surface area contributed by atoms with Crippen molar-refractivity contribution in [3.05, 3.63) is 83.3 Å². The molecule has 2 heterocycles. The zero-order chi connectivity index (χ0) is 20.2. The van der Waals surface area contributed by atoms with E-state index in [4.69, 9.17) is 16.0 Å². The van der Waals surface area contributed by atoms with Crippen LogP contribution >= 0.6 is 11.6 Å². The van der Waals surface area contributed by atoms with Crippen LogP contribution in [0.25, 0.3) is 0 Å². The van der Waals surface area contributed by atoms with Crippen molar-refractivity contribution in [2.45, 2.75) is 0 Å². The van der Waals surface area contributed by atoms with Gasteiger partial charge in [0, 0.05) is 48.1 Å². The van der Waals surface area contributed by atoms with E-state index in [0.717, 1.165) is 18.8 Å². The maximum Gasteiger partial charge on any atom is 0.289 e. The van der Waals surface area contributed by atoms with Gasteiger partial charge in [-0.05, 0) is 54.6 Å². The summed E-state index contributed by atoms with van der Waals surface area (Å²) in [5.41, 5.74) is 2.28. The lowest BCUT2D eigenvalue weighted by Gasteiger charge is -2.35. The summed E-state index contributed by atoms with van der Waals surface area (Å²) < 4.78 is 5.20. The lowest BCUT2D eigenvalue weighted by molar-refractivity contribution is 0.0714. The Balaban J connectivity index is 1.34. The van der Waals surface area contributed by atoms with Gasteiger partial charge in [0.1, 0.15) is 0 Å². The Bertz CT molecular complexity index is 994. The number of benzene rings is 2. The fourth-order valence-corrected chi connectivity index (χ4v) is 3.50. The number of carbonyl (C=O) groups excluding carboxylic acids is 2. The zero-order valence-electron chi connectivity index (χ0n) is 15.7. The Labute approximate surface area is 173 Å². The number of hydrogen-bond acceptors (Lipinski definition) is 4. The van der Waals surface area contributed by atoms with Gasteiger partial charge in [0.25, 0.3) is 11.8 Å². The van der Waals surface area contributed by atoms with Gasteiger partial charge in [0.15, 0.2) is 5.76 Å². The first-order valence-corrected chi connectivity index (χ1v) is 9.73. The molecule has 1 N–H and O–H groups in total. The third-order valence-electron chi connectivity index (χ3n) is 4.88. The molecule has 0 spiro atoms. The average Bonchev–Trinajstić information content (AvgIpc) is 3.29. The maximum absolute atomic E-state index is 12.4. The van der Waals surface area contributed by atoms with Crippen molar-refractivity contribution in [1.82, 2.24) is 4.90 Å². The van der Waals surface area contributed by atoms with Crippen molar-refractivity contribution in [2.24, 2.45) is 0 Å². The van der Waals surface area contributed by atoms with Crippen LogP contribution in [0.1, 0.15) is 20.9 Å². The van der Waals surface area contributed by atoms with Crippen molar-refractivity contribution < 1.29 is 14.0 Å². The van der Waals surface area contributed by atoms with Gasteiger partial charge in [-0.15, -0.1) is 0 Å². The first kappa shape index (κ1) is 19.1. The van der Waals surface area contributed by atoms with Gasteiger partial charge in [0.2, 0.25) is 0 Å². The predicted octanol–water partition coefficient (Wildman–Crippen LogP) is 4.15. The number of piperazine rings is 1. The molecule has 1 saturated heterocycles. The highest BCUT2D eigenvalue weighted by molar-refractivity contribution is 6.31. The standard InChI is InChI=1S/C22H20ClN3O3/c23-17-4-1-3-16(15-17)21(27)24-18-6-8-19(9-7-18)25-10-12-26(13-11-25)22(28)20-5-2-14-29-20/h1-9,14-15H,10-13H2,(H,24,27). The highest BCUT2D eigenvalue weighted by Gasteiger charge is 2.23. The van der Waals surface area contributed by atoms with Gasteiger partial charge in [-0.1, -0.05) is 17.7 Å². The van der Waals surface area contributed by atoms with Crippen LogP contribution in [-0.4, -0.2) is 42.9 Å². The smallest absolute Gasteiger partial charge is 0.289 e. The summed E-state index contributed by atoms with van der Waals surface area (Å²) in [6.45, 7) is 2.74. The zero-order valence-corrected chi connectivity index (χ0v) is 16.4. The van der Waals surface area contributed by atoms with Crippen molar-refractivity contribution in [2.75, 3.05) is 36.4 Å². The minimum atomic E-state index is -0.203. The predicted molar refractivity (Wildman–Crippen MR) is 113 cm³/mol. The normalized spacial score (nSPS) is 14.0. The van der Waals surface area contributed by atoms with Gasteiger partial charge < -0.3 is 19.5 Å². The van der Waals surface area contributed by atoms with E-state index in [1.807, 2.05) is 24.3 Å². The molecule has 4 rings (SSSR count). The van der Waals surface area contributed by atoms with Gasteiger partial charge in [-0.25, -0.2) is 0 Å². The number of carbonyl (C=O) groups is 2. The van der Waals surface area contributed by atoms with Crippen molar-refractivity contribution in [3.63, 3.8) is 0 Å². The highest BCUT2D eigenvalue weighted by atomic mass is 35.5. The minimum absolute atomic E-state index is 0.0753. The molecule has 1 aliphatic heterocycles. The SMILES string of the molecule is O=C(Nc1ccc(N2CCN(C(=O)c3ccco3)CC2)cc1)c1cccc(Cl)c1. The Kier molecular flexibility index (Phi) is 5.53. The monoisotopic (exact) mass is 409 g/mol. The molecule has 0 unspecified atom stereocenters. The Morgan fingerprint density at radius 1 is 0.931 bits per heavy atom. The minimum Gasteiger partial charge on any atom is -0.459 e. The van der Waals surface area contributed by atoms with Crippen molar-refractivity contribution in [3.8, 4) is 0 Å². The number of nitrogens with one attached hydrogen (secondary N) is 1. The molecule has 6 nitrogen and oxygen atoms in total. The molecule has 0 radical (unpaired) electrons. The average molecular weight is 410 g/mol. The van der Waals surface area contributed by atoms with Gasteiger partial charge in [-0.3, -0.25) is 9.59 Å². The third kappa shape index (κ3) is 4.43. The fraction of sp³-hybridized carbons (Fsp3) is 0.182. The molecule has 148 valence electrons. The molecule has 2 amide bonds. The van der Waals surface area contributed by atoms with Crippen LogP contribution in [0, 0.1) is 0 Å². The van der Waals surface area contributed by atoms with Crippen LogP contribution in [0.4, 0.5) is 11.4 Å². The van der Waals surface area contributed by atoms with E-state index in [1.54, 1.807) is 41.3 Å². The van der Waals surface area contributed by atoms with Gasteiger partial charge in [0.05, 0.1) is 6.26 Å². The molecule has 1 fully saturated rings. The summed E-state index contributed by atoms with van der Waals surface area (Å²) in [7, 11) is 0. The number of amides is 2. The summed E-state index contributed by atoms with van der Waals surface area (Å²) in [4.78, 5) is 28.7. The number of anilines is 2.